The zero-order valence-corrected chi connectivity index (χ0v) is 31.9. The molecule has 7 aromatic rings. The monoisotopic (exact) mass is 674 g/mol. The van der Waals surface area contributed by atoms with Crippen LogP contribution in [0.3, 0.4) is 0 Å². The van der Waals surface area contributed by atoms with Crippen LogP contribution in [0.1, 0.15) is 44.4 Å². The molecule has 0 fully saturated rings. The Morgan fingerprint density at radius 2 is 1.12 bits per heavy atom. The van der Waals surface area contributed by atoms with Crippen LogP contribution in [0.15, 0.2) is 158 Å². The molecule has 0 saturated carbocycles. The highest BCUT2D eigenvalue weighted by atomic mass is 31.2. The first-order valence-electron chi connectivity index (χ1n) is 17.7. The van der Waals surface area contributed by atoms with E-state index in [1.54, 1.807) is 19.1 Å². The largest absolute Gasteiger partial charge is 0.320 e. The SMILES string of the molecule is C=C/C(=C\C=C\P(C)(C)=O)c1ccc2c(-c3ccc4ccccc4c3)c3ccccc3c(C)c2c1.CC.CC.Cc1ccc2ccccc2c1. The summed E-state index contributed by atoms with van der Waals surface area (Å²) in [5.74, 6) is 1.79. The zero-order valence-electron chi connectivity index (χ0n) is 31.0. The molecule has 0 amide bonds. The van der Waals surface area contributed by atoms with Gasteiger partial charge in [-0.2, -0.15) is 0 Å². The van der Waals surface area contributed by atoms with Gasteiger partial charge in [-0.1, -0.05) is 173 Å². The highest BCUT2D eigenvalue weighted by Crippen LogP contribution is 2.41. The lowest BCUT2D eigenvalue weighted by atomic mass is 9.87. The van der Waals surface area contributed by atoms with Crippen molar-refractivity contribution in [1.82, 2.24) is 0 Å². The van der Waals surface area contributed by atoms with E-state index in [-0.39, 0.29) is 0 Å². The number of rotatable bonds is 5. The molecular weight excluding hydrogens is 624 g/mol. The maximum absolute atomic E-state index is 12.1. The van der Waals surface area contributed by atoms with Gasteiger partial charge in [-0.05, 0) is 116 Å². The molecule has 0 bridgehead atoms. The van der Waals surface area contributed by atoms with Crippen LogP contribution in [0.5, 0.6) is 0 Å². The van der Waals surface area contributed by atoms with Crippen molar-refractivity contribution in [2.45, 2.75) is 41.5 Å². The minimum atomic E-state index is -2.22. The number of benzene rings is 7. The van der Waals surface area contributed by atoms with Gasteiger partial charge in [-0.15, -0.1) is 0 Å². The van der Waals surface area contributed by atoms with Crippen LogP contribution in [-0.2, 0) is 4.57 Å². The lowest BCUT2D eigenvalue weighted by Gasteiger charge is -2.17. The Bertz CT molecular complexity index is 2350. The van der Waals surface area contributed by atoms with Gasteiger partial charge in [-0.25, -0.2) is 0 Å². The highest BCUT2D eigenvalue weighted by molar-refractivity contribution is 7.65. The molecule has 0 spiro atoms. The second kappa shape index (κ2) is 17.6. The number of hydrogen-bond acceptors (Lipinski definition) is 1. The summed E-state index contributed by atoms with van der Waals surface area (Å²) in [5, 5.41) is 10.1. The molecule has 50 heavy (non-hydrogen) atoms. The first-order chi connectivity index (χ1) is 24.2. The molecule has 0 heterocycles. The molecule has 1 nitrogen and oxygen atoms in total. The molecule has 0 atom stereocenters. The molecule has 254 valence electrons. The molecule has 0 aliphatic rings. The molecule has 2 heteroatoms. The number of hydrogen-bond donors (Lipinski definition) is 0. The quantitative estimate of drug-likeness (QED) is 0.101. The number of allylic oxidation sites excluding steroid dienone is 4. The van der Waals surface area contributed by atoms with Gasteiger partial charge in [0.1, 0.15) is 7.14 Å². The summed E-state index contributed by atoms with van der Waals surface area (Å²) in [4.78, 5) is 0. The van der Waals surface area contributed by atoms with Crippen molar-refractivity contribution in [1.29, 1.82) is 0 Å². The summed E-state index contributed by atoms with van der Waals surface area (Å²) in [6.45, 7) is 19.9. The van der Waals surface area contributed by atoms with Crippen LogP contribution in [0, 0.1) is 13.8 Å². The molecule has 0 N–H and O–H groups in total. The summed E-state index contributed by atoms with van der Waals surface area (Å²) in [5.41, 5.74) is 7.19. The Labute approximate surface area is 300 Å². The van der Waals surface area contributed by atoms with Crippen molar-refractivity contribution in [3.8, 4) is 11.1 Å². The Balaban J connectivity index is 0.000000313. The van der Waals surface area contributed by atoms with E-state index in [9.17, 15) is 4.57 Å². The first-order valence-corrected chi connectivity index (χ1v) is 20.4. The maximum Gasteiger partial charge on any atom is 0.102 e. The zero-order chi connectivity index (χ0) is 36.3. The Morgan fingerprint density at radius 3 is 1.74 bits per heavy atom. The van der Waals surface area contributed by atoms with Crippen molar-refractivity contribution < 1.29 is 4.57 Å². The summed E-state index contributed by atoms with van der Waals surface area (Å²) in [7, 11) is -2.22. The Kier molecular flexibility index (Phi) is 13.3. The van der Waals surface area contributed by atoms with Crippen molar-refractivity contribution in [2.75, 3.05) is 13.3 Å². The minimum Gasteiger partial charge on any atom is -0.320 e. The van der Waals surface area contributed by atoms with E-state index in [1.807, 2.05) is 45.9 Å². The predicted molar refractivity (Wildman–Crippen MR) is 227 cm³/mol. The van der Waals surface area contributed by atoms with E-state index in [4.69, 9.17) is 0 Å². The lowest BCUT2D eigenvalue weighted by molar-refractivity contribution is 0.588. The summed E-state index contributed by atoms with van der Waals surface area (Å²) >= 11 is 0. The van der Waals surface area contributed by atoms with E-state index in [0.717, 1.165) is 11.1 Å². The van der Waals surface area contributed by atoms with Crippen molar-refractivity contribution in [2.24, 2.45) is 0 Å². The van der Waals surface area contributed by atoms with Gasteiger partial charge in [-0.3, -0.25) is 0 Å². The Hall–Kier alpha value is -4.97. The molecular formula is C48H51OP. The van der Waals surface area contributed by atoms with E-state index >= 15 is 0 Å². The average molecular weight is 675 g/mol. The van der Waals surface area contributed by atoms with Gasteiger partial charge in [0, 0.05) is 0 Å². The van der Waals surface area contributed by atoms with E-state index in [0.29, 0.717) is 0 Å². The fraction of sp³-hybridized carbons (Fsp3) is 0.167. The van der Waals surface area contributed by atoms with Crippen LogP contribution in [0.2, 0.25) is 0 Å². The number of aryl methyl sites for hydroxylation is 2. The first kappa shape index (κ1) is 37.8. The third kappa shape index (κ3) is 8.97. The Morgan fingerprint density at radius 1 is 0.580 bits per heavy atom. The second-order valence-electron chi connectivity index (χ2n) is 12.3. The molecule has 0 radical (unpaired) electrons. The lowest BCUT2D eigenvalue weighted by Crippen LogP contribution is -1.91. The molecule has 7 rings (SSSR count). The molecule has 7 aromatic carbocycles. The van der Waals surface area contributed by atoms with Crippen molar-refractivity contribution in [3.05, 3.63) is 175 Å². The third-order valence-corrected chi connectivity index (χ3v) is 9.40. The fourth-order valence-electron chi connectivity index (χ4n) is 6.17. The smallest absolute Gasteiger partial charge is 0.102 e. The summed E-state index contributed by atoms with van der Waals surface area (Å²) in [6.07, 6.45) is 5.74. The van der Waals surface area contributed by atoms with E-state index < -0.39 is 7.14 Å². The normalized spacial score (nSPS) is 11.4. The summed E-state index contributed by atoms with van der Waals surface area (Å²) in [6, 6.07) is 45.5. The topological polar surface area (TPSA) is 17.1 Å². The molecule has 0 aliphatic heterocycles. The van der Waals surface area contributed by atoms with Gasteiger partial charge in [0.15, 0.2) is 0 Å². The van der Waals surface area contributed by atoms with Crippen LogP contribution in [-0.4, -0.2) is 13.3 Å². The molecule has 0 aliphatic carbocycles. The maximum atomic E-state index is 12.1. The van der Waals surface area contributed by atoms with Crippen LogP contribution in [0.25, 0.3) is 59.8 Å². The van der Waals surface area contributed by atoms with Gasteiger partial charge < -0.3 is 4.57 Å². The van der Waals surface area contributed by atoms with Crippen LogP contribution >= 0.6 is 7.14 Å². The minimum absolute atomic E-state index is 1.01. The van der Waals surface area contributed by atoms with E-state index in [2.05, 4.69) is 148 Å². The number of fused-ring (bicyclic) bond motifs is 4. The van der Waals surface area contributed by atoms with Crippen LogP contribution < -0.4 is 0 Å². The predicted octanol–water partition coefficient (Wildman–Crippen LogP) is 15.0. The van der Waals surface area contributed by atoms with Gasteiger partial charge in [0.05, 0.1) is 0 Å². The van der Waals surface area contributed by atoms with Gasteiger partial charge in [0.2, 0.25) is 0 Å². The van der Waals surface area contributed by atoms with Crippen molar-refractivity contribution in [3.63, 3.8) is 0 Å². The average Bonchev–Trinajstić information content (AvgIpc) is 3.15. The van der Waals surface area contributed by atoms with Crippen LogP contribution in [0.4, 0.5) is 0 Å². The van der Waals surface area contributed by atoms with Crippen molar-refractivity contribution >= 4 is 55.8 Å². The van der Waals surface area contributed by atoms with Gasteiger partial charge in [0.25, 0.3) is 0 Å². The van der Waals surface area contributed by atoms with Gasteiger partial charge >= 0.3 is 0 Å². The summed E-state index contributed by atoms with van der Waals surface area (Å²) < 4.78 is 12.1. The third-order valence-electron chi connectivity index (χ3n) is 8.51. The standard InChI is InChI=1S/C33H29OP.C11H10.2C2H6/c1-5-24(13-10-20-35(3,4)34)27-18-19-31-32(22-27)23(2)29-14-8-9-15-30(29)33(31)28-17-16-25-11-6-7-12-26(25)21-28;1-9-6-7-10-4-2-3-5-11(10)8-9;2*1-2/h5-22H,1H2,2-4H3;2-8H,1H3;2*1-2H3/b20-10+,24-13+;;;. The second-order valence-corrected chi connectivity index (χ2v) is 15.5. The molecule has 0 saturated heterocycles. The fourth-order valence-corrected chi connectivity index (χ4v) is 6.67. The molecule has 0 unspecified atom stereocenters. The highest BCUT2D eigenvalue weighted by Gasteiger charge is 2.14. The van der Waals surface area contributed by atoms with E-state index in [1.165, 1.54) is 65.3 Å². The molecule has 0 aromatic heterocycles.